The maximum atomic E-state index is 11.5. The Morgan fingerprint density at radius 2 is 0.595 bits per heavy atom. The first-order chi connectivity index (χ1) is 16.0. The summed E-state index contributed by atoms with van der Waals surface area (Å²) in [5, 5.41) is 0. The van der Waals surface area contributed by atoms with Crippen molar-refractivity contribution in [2.75, 3.05) is 23.0 Å². The van der Waals surface area contributed by atoms with Crippen molar-refractivity contribution in [3.63, 3.8) is 0 Å². The monoisotopic (exact) mass is 714 g/mol. The van der Waals surface area contributed by atoms with Crippen molar-refractivity contribution in [3.8, 4) is 0 Å². The van der Waals surface area contributed by atoms with Gasteiger partial charge in [0, 0.05) is 0 Å². The molecular formula is C24H52Ca3O4P2S4. The van der Waals surface area contributed by atoms with Crippen molar-refractivity contribution in [2.45, 2.75) is 130 Å². The Hall–Kier alpha value is 5.88. The van der Waals surface area contributed by atoms with Crippen LogP contribution >= 0.6 is 11.4 Å². The average molecular weight is 715 g/mol. The Bertz CT molecular complexity index is 498. The predicted molar refractivity (Wildman–Crippen MR) is 177 cm³/mol. The Morgan fingerprint density at radius 3 is 0.730 bits per heavy atom. The van der Waals surface area contributed by atoms with Gasteiger partial charge in [-0.3, -0.25) is 0 Å². The van der Waals surface area contributed by atoms with Gasteiger partial charge in [-0.1, -0.05) is 105 Å². The largest absolute Gasteiger partial charge is 2.00 e. The van der Waals surface area contributed by atoms with E-state index >= 15 is 0 Å². The fraction of sp³-hybridized carbons (Fsp3) is 1.00. The Balaban J connectivity index is -0.000000171. The van der Waals surface area contributed by atoms with Crippen molar-refractivity contribution < 1.29 is 19.6 Å². The first-order valence-corrected chi connectivity index (χ1v) is 23.1. The van der Waals surface area contributed by atoms with E-state index in [-0.39, 0.29) is 113 Å². The zero-order chi connectivity index (χ0) is 26.3. The molecule has 0 heterocycles. The van der Waals surface area contributed by atoms with E-state index in [1.807, 2.05) is 0 Å². The molecule has 0 bridgehead atoms. The molecule has 0 aliphatic rings. The minimum atomic E-state index is -3.51. The minimum absolute atomic E-state index is 0. The first-order valence-electron chi connectivity index (χ1n) is 13.4. The SMILES string of the molecule is CCCCCCS(CCCCCC)=P([O-])([O-])[S-].CCCCCCS(CCCCCC)=P([O-])([O-])[S-].[Ca+2].[Ca+2].[Ca+2]. The van der Waals surface area contributed by atoms with Crippen LogP contribution in [-0.2, 0) is 44.6 Å². The van der Waals surface area contributed by atoms with Crippen LogP contribution in [0.1, 0.15) is 130 Å². The van der Waals surface area contributed by atoms with Crippen LogP contribution in [0.25, 0.3) is 0 Å². The zero-order valence-corrected chi connectivity index (χ0v) is 36.1. The van der Waals surface area contributed by atoms with Gasteiger partial charge in [0.1, 0.15) is 0 Å². The fourth-order valence-corrected chi connectivity index (χ4v) is 13.8. The molecule has 0 atom stereocenters. The summed E-state index contributed by atoms with van der Waals surface area (Å²) in [5.74, 6) is 3.21. The Morgan fingerprint density at radius 1 is 0.405 bits per heavy atom. The van der Waals surface area contributed by atoms with Crippen molar-refractivity contribution in [2.24, 2.45) is 0 Å². The third kappa shape index (κ3) is 38.0. The molecule has 0 aliphatic heterocycles. The van der Waals surface area contributed by atoms with E-state index in [1.54, 1.807) is 0 Å². The molecule has 0 rings (SSSR count). The van der Waals surface area contributed by atoms with Gasteiger partial charge >= 0.3 is 113 Å². The molecule has 4 nitrogen and oxygen atoms in total. The van der Waals surface area contributed by atoms with Crippen molar-refractivity contribution in [3.05, 3.63) is 0 Å². The second kappa shape index (κ2) is 36.3. The van der Waals surface area contributed by atoms with Crippen molar-refractivity contribution >= 4 is 169 Å². The molecule has 0 unspecified atom stereocenters. The van der Waals surface area contributed by atoms with Gasteiger partial charge in [0.15, 0.2) is 0 Å². The van der Waals surface area contributed by atoms with Gasteiger partial charge in [-0.15, -0.1) is 0 Å². The summed E-state index contributed by atoms with van der Waals surface area (Å²) in [4.78, 5) is 46.1. The van der Waals surface area contributed by atoms with E-state index in [1.165, 1.54) is 51.4 Å². The first kappa shape index (κ1) is 52.4. The van der Waals surface area contributed by atoms with Gasteiger partial charge in [0.2, 0.25) is 0 Å². The van der Waals surface area contributed by atoms with Crippen LogP contribution in [-0.4, -0.2) is 136 Å². The zero-order valence-electron chi connectivity index (χ0n) is 24.4. The van der Waals surface area contributed by atoms with E-state index in [4.69, 9.17) is 0 Å². The smallest absolute Gasteiger partial charge is 0.854 e. The number of rotatable bonds is 20. The molecule has 0 spiro atoms. The topological polar surface area (TPSA) is 92.2 Å². The van der Waals surface area contributed by atoms with Gasteiger partial charge in [0.25, 0.3) is 0 Å². The molecule has 0 fully saturated rings. The molecule has 0 aromatic heterocycles. The molecule has 0 saturated heterocycles. The Kier molecular flexibility index (Phi) is 51.5. The second-order valence-corrected chi connectivity index (χ2v) is 24.4. The van der Waals surface area contributed by atoms with Crippen LogP contribution in [0, 0.1) is 0 Å². The van der Waals surface area contributed by atoms with Crippen LogP contribution in [0.5, 0.6) is 0 Å². The van der Waals surface area contributed by atoms with Crippen LogP contribution in [0.15, 0.2) is 0 Å². The molecule has 212 valence electrons. The molecule has 0 aliphatic carbocycles. The molecule has 0 amide bonds. The number of unbranched alkanes of at least 4 members (excludes halogenated alkanes) is 12. The van der Waals surface area contributed by atoms with E-state index < -0.39 is 31.5 Å². The Labute approximate surface area is 336 Å². The summed E-state index contributed by atoms with van der Waals surface area (Å²) in [6, 6.07) is 0. The summed E-state index contributed by atoms with van der Waals surface area (Å²) in [7, 11) is -1.07. The molecule has 37 heavy (non-hydrogen) atoms. The van der Waals surface area contributed by atoms with Crippen LogP contribution in [0.4, 0.5) is 0 Å². The quantitative estimate of drug-likeness (QED) is 0.0810. The van der Waals surface area contributed by atoms with E-state index in [0.717, 1.165) is 74.4 Å². The third-order valence-electron chi connectivity index (χ3n) is 5.57. The summed E-state index contributed by atoms with van der Waals surface area (Å²) >= 11 is 9.35. The van der Waals surface area contributed by atoms with E-state index in [2.05, 4.69) is 52.2 Å². The molecule has 0 saturated carbocycles. The fourth-order valence-electron chi connectivity index (χ4n) is 3.43. The number of hydrogen-bond acceptors (Lipinski definition) is 6. The summed E-state index contributed by atoms with van der Waals surface area (Å²) < 4.78 is 0. The van der Waals surface area contributed by atoms with Gasteiger partial charge in [-0.2, -0.15) is 0 Å². The standard InChI is InChI=1S/2C12H26O2PS2.3Ca/c2*1-3-5-7-9-11-17(15(13,14)16)12-10-8-6-4-2;;;/h2*3-12H2,1-2H3;;;/q2*-3;3*+2. The third-order valence-corrected chi connectivity index (χ3v) is 19.7. The van der Waals surface area contributed by atoms with Crippen molar-refractivity contribution in [1.29, 1.82) is 0 Å². The second-order valence-electron chi connectivity index (χ2n) is 8.88. The van der Waals surface area contributed by atoms with Gasteiger partial charge < -0.3 is 55.5 Å². The van der Waals surface area contributed by atoms with Gasteiger partial charge in [-0.25, -0.2) is 20.1 Å². The average Bonchev–Trinajstić information content (AvgIpc) is 2.75. The van der Waals surface area contributed by atoms with E-state index in [0.29, 0.717) is 0 Å². The minimum Gasteiger partial charge on any atom is -0.854 e. The molecular weight excluding hydrogens is 663 g/mol. The molecule has 0 aromatic carbocycles. The number of hydrogen-bond donors (Lipinski definition) is 0. The predicted octanol–water partition coefficient (Wildman–Crippen LogP) is 4.28. The van der Waals surface area contributed by atoms with Crippen molar-refractivity contribution in [1.82, 2.24) is 0 Å². The molecule has 0 N–H and O–H groups in total. The molecule has 13 heteroatoms. The summed E-state index contributed by atoms with van der Waals surface area (Å²) in [5.41, 5.74) is -7.02. The maximum absolute atomic E-state index is 11.5. The maximum Gasteiger partial charge on any atom is 2.00 e. The molecule has 0 aromatic rings. The summed E-state index contributed by atoms with van der Waals surface area (Å²) in [6.45, 7) is 8.65. The van der Waals surface area contributed by atoms with Crippen LogP contribution in [0.3, 0.4) is 0 Å². The van der Waals surface area contributed by atoms with Gasteiger partial charge in [0.05, 0.1) is 0 Å². The van der Waals surface area contributed by atoms with E-state index in [9.17, 15) is 19.6 Å². The van der Waals surface area contributed by atoms with Crippen LogP contribution < -0.4 is 19.6 Å². The summed E-state index contributed by atoms with van der Waals surface area (Å²) in [6.07, 6.45) is 18.2. The molecule has 0 radical (unpaired) electrons. The van der Waals surface area contributed by atoms with Crippen LogP contribution in [0.2, 0.25) is 0 Å². The normalized spacial score (nSPS) is 11.4. The van der Waals surface area contributed by atoms with Gasteiger partial charge in [-0.05, 0) is 48.7 Å².